The molecule has 0 aromatic rings. The summed E-state index contributed by atoms with van der Waals surface area (Å²) >= 11 is 0. The molecule has 0 aromatic heterocycles. The molecule has 2 aliphatic rings. The van der Waals surface area contributed by atoms with E-state index in [0.717, 1.165) is 32.2 Å². The van der Waals surface area contributed by atoms with E-state index < -0.39 is 5.60 Å². The minimum absolute atomic E-state index is 0.0613. The van der Waals surface area contributed by atoms with E-state index in [4.69, 9.17) is 4.74 Å². The molecule has 6 heteroatoms. The van der Waals surface area contributed by atoms with E-state index >= 15 is 0 Å². The molecule has 0 unspecified atom stereocenters. The van der Waals surface area contributed by atoms with Crippen molar-refractivity contribution >= 4 is 11.8 Å². The summed E-state index contributed by atoms with van der Waals surface area (Å²) in [6.45, 7) is 6.26. The first-order valence-corrected chi connectivity index (χ1v) is 14.4. The smallest absolute Gasteiger partial charge is 0.251 e. The Kier molecular flexibility index (Phi) is 14.6. The first kappa shape index (κ1) is 29.8. The van der Waals surface area contributed by atoms with E-state index in [1.54, 1.807) is 0 Å². The Balaban J connectivity index is 1.55. The van der Waals surface area contributed by atoms with Gasteiger partial charge in [-0.2, -0.15) is 0 Å². The van der Waals surface area contributed by atoms with Gasteiger partial charge in [-0.1, -0.05) is 58.1 Å². The van der Waals surface area contributed by atoms with Gasteiger partial charge in [-0.3, -0.25) is 9.59 Å². The van der Waals surface area contributed by atoms with Crippen molar-refractivity contribution in [3.63, 3.8) is 0 Å². The van der Waals surface area contributed by atoms with Crippen molar-refractivity contribution < 1.29 is 19.4 Å². The fourth-order valence-electron chi connectivity index (χ4n) is 5.12. The van der Waals surface area contributed by atoms with Crippen LogP contribution in [0.25, 0.3) is 0 Å². The van der Waals surface area contributed by atoms with Crippen LogP contribution in [-0.2, 0) is 14.3 Å². The van der Waals surface area contributed by atoms with Gasteiger partial charge >= 0.3 is 0 Å². The average Bonchev–Trinajstić information content (AvgIpc) is 2.78. The van der Waals surface area contributed by atoms with E-state index in [9.17, 15) is 14.7 Å². The van der Waals surface area contributed by atoms with Crippen LogP contribution in [0.2, 0.25) is 0 Å². The molecule has 0 bridgehead atoms. The minimum atomic E-state index is -1.31. The monoisotopic (exact) mass is 492 g/mol. The van der Waals surface area contributed by atoms with Crippen LogP contribution < -0.4 is 10.6 Å². The van der Waals surface area contributed by atoms with Crippen molar-refractivity contribution in [1.29, 1.82) is 0 Å². The van der Waals surface area contributed by atoms with Crippen LogP contribution >= 0.6 is 0 Å². The average molecular weight is 493 g/mol. The number of amides is 2. The van der Waals surface area contributed by atoms with Crippen molar-refractivity contribution in [1.82, 2.24) is 10.6 Å². The summed E-state index contributed by atoms with van der Waals surface area (Å²) in [5, 5.41) is 17.0. The lowest BCUT2D eigenvalue weighted by molar-refractivity contribution is -0.142. The summed E-state index contributed by atoms with van der Waals surface area (Å²) in [5.41, 5.74) is -1.31. The first-order chi connectivity index (χ1) is 16.9. The molecule has 0 spiro atoms. The lowest BCUT2D eigenvalue weighted by atomic mass is 9.87. The largest absolute Gasteiger partial charge is 0.380 e. The quantitative estimate of drug-likeness (QED) is 0.236. The van der Waals surface area contributed by atoms with Gasteiger partial charge < -0.3 is 20.5 Å². The van der Waals surface area contributed by atoms with Crippen molar-refractivity contribution in [3.05, 3.63) is 12.2 Å². The van der Waals surface area contributed by atoms with E-state index in [-0.39, 0.29) is 17.9 Å². The molecule has 0 saturated heterocycles. The van der Waals surface area contributed by atoms with Crippen LogP contribution in [0.15, 0.2) is 12.2 Å². The standard InChI is InChI=1S/C29H52N2O4/c1-24(2)17-21-31-28(33)29(34)18-10-9-15-26(16-19-29)35-22-12-6-11-20-30-27(32)23-25-13-7-4-3-5-8-14-25/h9,15,24-26,34H,3-8,10-14,16-23H2,1-2H3,(H,30,32)(H,31,33)/b15-9+/t26-,29-/m1/s1. The van der Waals surface area contributed by atoms with E-state index in [0.29, 0.717) is 57.1 Å². The number of hydrogen-bond acceptors (Lipinski definition) is 4. The zero-order valence-corrected chi connectivity index (χ0v) is 22.5. The van der Waals surface area contributed by atoms with Crippen molar-refractivity contribution in [2.45, 2.75) is 128 Å². The lowest BCUT2D eigenvalue weighted by Gasteiger charge is -2.29. The summed E-state index contributed by atoms with van der Waals surface area (Å²) in [6.07, 6.45) is 19.8. The maximum absolute atomic E-state index is 12.6. The van der Waals surface area contributed by atoms with Gasteiger partial charge in [-0.05, 0) is 76.0 Å². The summed E-state index contributed by atoms with van der Waals surface area (Å²) in [5.74, 6) is 1.07. The molecule has 202 valence electrons. The molecule has 6 nitrogen and oxygen atoms in total. The van der Waals surface area contributed by atoms with Gasteiger partial charge in [0, 0.05) is 26.1 Å². The maximum Gasteiger partial charge on any atom is 0.251 e. The number of allylic oxidation sites excluding steroid dienone is 1. The Morgan fingerprint density at radius 2 is 1.71 bits per heavy atom. The van der Waals surface area contributed by atoms with Crippen molar-refractivity contribution in [2.24, 2.45) is 11.8 Å². The Morgan fingerprint density at radius 3 is 2.46 bits per heavy atom. The minimum Gasteiger partial charge on any atom is -0.380 e. The number of ether oxygens (including phenoxy) is 1. The molecule has 0 radical (unpaired) electrons. The molecular weight excluding hydrogens is 440 g/mol. The van der Waals surface area contributed by atoms with Gasteiger partial charge in [-0.25, -0.2) is 0 Å². The molecule has 2 rings (SSSR count). The highest BCUT2D eigenvalue weighted by atomic mass is 16.5. The number of unbranched alkanes of at least 4 members (excludes halogenated alkanes) is 2. The van der Waals surface area contributed by atoms with Crippen LogP contribution in [0.4, 0.5) is 0 Å². The van der Waals surface area contributed by atoms with Crippen LogP contribution in [0.1, 0.15) is 117 Å². The SMILES string of the molecule is CC(C)CCNC(=O)[C@@]1(O)CC/C=C/[C@@H](OCCCCCNC(=O)CC2CCCCCCC2)CC1. The lowest BCUT2D eigenvalue weighted by Crippen LogP contribution is -2.48. The first-order valence-electron chi connectivity index (χ1n) is 14.4. The van der Waals surface area contributed by atoms with E-state index in [1.807, 2.05) is 6.08 Å². The summed E-state index contributed by atoms with van der Waals surface area (Å²) in [6, 6.07) is 0. The number of carbonyl (C=O) groups excluding carboxylic acids is 2. The van der Waals surface area contributed by atoms with Gasteiger partial charge in [0.2, 0.25) is 5.91 Å². The van der Waals surface area contributed by atoms with Crippen LogP contribution in [0, 0.1) is 11.8 Å². The normalized spacial score (nSPS) is 25.2. The third kappa shape index (κ3) is 12.9. The number of aliphatic hydroxyl groups is 1. The maximum atomic E-state index is 12.6. The number of hydrogen-bond donors (Lipinski definition) is 3. The van der Waals surface area contributed by atoms with Gasteiger partial charge in [-0.15, -0.1) is 0 Å². The Hall–Kier alpha value is -1.40. The van der Waals surface area contributed by atoms with E-state index in [2.05, 4.69) is 30.6 Å². The fourth-order valence-corrected chi connectivity index (χ4v) is 5.12. The van der Waals surface area contributed by atoms with Gasteiger partial charge in [0.1, 0.15) is 5.60 Å². The van der Waals surface area contributed by atoms with Gasteiger partial charge in [0.15, 0.2) is 0 Å². The third-order valence-electron chi connectivity index (χ3n) is 7.52. The second-order valence-corrected chi connectivity index (χ2v) is 11.2. The molecule has 35 heavy (non-hydrogen) atoms. The highest BCUT2D eigenvalue weighted by molar-refractivity contribution is 5.84. The van der Waals surface area contributed by atoms with Crippen LogP contribution in [-0.4, -0.2) is 48.3 Å². The molecule has 0 heterocycles. The van der Waals surface area contributed by atoms with Crippen LogP contribution in [0.5, 0.6) is 0 Å². The molecule has 2 atom stereocenters. The molecule has 1 saturated carbocycles. The summed E-state index contributed by atoms with van der Waals surface area (Å²) < 4.78 is 6.04. The second-order valence-electron chi connectivity index (χ2n) is 11.2. The van der Waals surface area contributed by atoms with Gasteiger partial charge in [0.25, 0.3) is 5.91 Å². The number of carbonyl (C=O) groups is 2. The highest BCUT2D eigenvalue weighted by Crippen LogP contribution is 2.26. The third-order valence-corrected chi connectivity index (χ3v) is 7.52. The van der Waals surface area contributed by atoms with Crippen molar-refractivity contribution in [2.75, 3.05) is 19.7 Å². The fraction of sp³-hybridized carbons (Fsp3) is 0.862. The predicted molar refractivity (Wildman–Crippen MR) is 142 cm³/mol. The molecule has 0 aliphatic heterocycles. The molecule has 0 aromatic carbocycles. The zero-order chi connectivity index (χ0) is 25.4. The summed E-state index contributed by atoms with van der Waals surface area (Å²) in [4.78, 5) is 24.8. The molecule has 2 aliphatic carbocycles. The Bertz CT molecular complexity index is 628. The summed E-state index contributed by atoms with van der Waals surface area (Å²) in [7, 11) is 0. The topological polar surface area (TPSA) is 87.7 Å². The molecule has 3 N–H and O–H groups in total. The number of nitrogens with one attached hydrogen (secondary N) is 2. The number of rotatable bonds is 13. The molecule has 1 fully saturated rings. The van der Waals surface area contributed by atoms with Crippen molar-refractivity contribution in [3.8, 4) is 0 Å². The van der Waals surface area contributed by atoms with E-state index in [1.165, 1.54) is 44.9 Å². The predicted octanol–water partition coefficient (Wildman–Crippen LogP) is 5.43. The zero-order valence-electron chi connectivity index (χ0n) is 22.5. The molecule has 2 amide bonds. The van der Waals surface area contributed by atoms with Crippen LogP contribution in [0.3, 0.4) is 0 Å². The Labute approximate surface area is 214 Å². The Morgan fingerprint density at radius 1 is 0.971 bits per heavy atom. The highest BCUT2D eigenvalue weighted by Gasteiger charge is 2.36. The second kappa shape index (κ2) is 17.1. The molecular formula is C29H52N2O4. The van der Waals surface area contributed by atoms with Gasteiger partial charge in [0.05, 0.1) is 6.10 Å².